The van der Waals surface area contributed by atoms with Gasteiger partial charge in [-0.05, 0) is 84.6 Å². The number of methoxy groups -OCH3 is 1. The predicted molar refractivity (Wildman–Crippen MR) is 130 cm³/mol. The second kappa shape index (κ2) is 11.4. The van der Waals surface area contributed by atoms with E-state index >= 15 is 0 Å². The molecule has 0 aromatic heterocycles. The summed E-state index contributed by atoms with van der Waals surface area (Å²) < 4.78 is 51.3. The first-order valence-corrected chi connectivity index (χ1v) is 10.8. The van der Waals surface area contributed by atoms with Gasteiger partial charge in [0.15, 0.2) is 11.5 Å². The number of carboxylic acids is 1. The van der Waals surface area contributed by atoms with E-state index in [4.69, 9.17) is 20.9 Å². The van der Waals surface area contributed by atoms with Gasteiger partial charge in [-0.2, -0.15) is 0 Å². The highest BCUT2D eigenvalue weighted by Crippen LogP contribution is 2.31. The van der Waals surface area contributed by atoms with E-state index in [0.29, 0.717) is 23.4 Å². The first-order chi connectivity index (χ1) is 17.4. The number of nitrogens with two attached hydrogens (primary N) is 2. The first-order valence-electron chi connectivity index (χ1n) is 10.8. The molecule has 37 heavy (non-hydrogen) atoms. The number of carbonyl (C=O) groups excluding carboxylic acids is 1. The van der Waals surface area contributed by atoms with E-state index in [1.807, 2.05) is 0 Å². The fourth-order valence-electron chi connectivity index (χ4n) is 3.42. The van der Waals surface area contributed by atoms with Crippen molar-refractivity contribution in [2.75, 3.05) is 18.6 Å². The Morgan fingerprint density at radius 2 is 1.59 bits per heavy atom. The lowest BCUT2D eigenvalue weighted by Crippen LogP contribution is -2.17. The molecule has 0 atom stereocenters. The molecule has 0 aliphatic rings. The molecule has 0 unspecified atom stereocenters. The number of alkyl halides is 3. The van der Waals surface area contributed by atoms with E-state index in [1.54, 1.807) is 18.2 Å². The Morgan fingerprint density at radius 3 is 2.16 bits per heavy atom. The van der Waals surface area contributed by atoms with Gasteiger partial charge in [-0.1, -0.05) is 6.07 Å². The number of benzene rings is 3. The number of aryl methyl sites for hydroxylation is 1. The highest BCUT2D eigenvalue weighted by atomic mass is 19.4. The van der Waals surface area contributed by atoms with E-state index in [1.165, 1.54) is 31.4 Å². The van der Waals surface area contributed by atoms with Gasteiger partial charge in [-0.25, -0.2) is 9.59 Å². The van der Waals surface area contributed by atoms with Gasteiger partial charge in [-0.3, -0.25) is 0 Å². The Balaban J connectivity index is 1.74. The summed E-state index contributed by atoms with van der Waals surface area (Å²) in [5.41, 5.74) is 13.9. The summed E-state index contributed by atoms with van der Waals surface area (Å²) in [7, 11) is 1.34. The van der Waals surface area contributed by atoms with Crippen LogP contribution in [0.2, 0.25) is 0 Å². The summed E-state index contributed by atoms with van der Waals surface area (Å²) in [5.74, 6) is -2.25. The monoisotopic (exact) mass is 516 g/mol. The van der Waals surface area contributed by atoms with Gasteiger partial charge in [0.2, 0.25) is 0 Å². The number of aliphatic carboxylic acids is 1. The van der Waals surface area contributed by atoms with Crippen LogP contribution in [0.1, 0.15) is 27.9 Å². The van der Waals surface area contributed by atoms with E-state index in [-0.39, 0.29) is 29.1 Å². The number of carboxylic acid groups (broad SMARTS) is 1. The van der Waals surface area contributed by atoms with Crippen molar-refractivity contribution in [3.8, 4) is 17.2 Å². The molecule has 0 saturated carbocycles. The molecule has 194 valence electrons. The molecule has 0 radical (unpaired) electrons. The Labute approximate surface area is 209 Å². The van der Waals surface area contributed by atoms with Crippen molar-refractivity contribution in [2.45, 2.75) is 19.2 Å². The molecule has 5 N–H and O–H groups in total. The quantitative estimate of drug-likeness (QED) is 0.155. The Kier molecular flexibility index (Phi) is 8.28. The third-order valence-corrected chi connectivity index (χ3v) is 5.05. The summed E-state index contributed by atoms with van der Waals surface area (Å²) >= 11 is 0. The minimum absolute atomic E-state index is 0.0177. The highest BCUT2D eigenvalue weighted by Gasteiger charge is 2.31. The maximum atomic E-state index is 12.5. The number of hydrogen-bond donors (Lipinski definition) is 3. The predicted octanol–water partition coefficient (Wildman–Crippen LogP) is 5.08. The lowest BCUT2D eigenvalue weighted by Gasteiger charge is -2.11. The largest absolute Gasteiger partial charge is 0.573 e. The number of hydrogen-bond acceptors (Lipinski definition) is 7. The van der Waals surface area contributed by atoms with Gasteiger partial charge < -0.3 is 30.8 Å². The molecule has 0 aliphatic heterocycles. The molecule has 3 aromatic carbocycles. The van der Waals surface area contributed by atoms with Crippen molar-refractivity contribution < 1.29 is 42.1 Å². The third kappa shape index (κ3) is 7.92. The van der Waals surface area contributed by atoms with Gasteiger partial charge in [0.05, 0.1) is 12.7 Å². The molecule has 11 heteroatoms. The van der Waals surface area contributed by atoms with Crippen LogP contribution in [0.25, 0.3) is 6.08 Å². The van der Waals surface area contributed by atoms with Crippen LogP contribution in [0.15, 0.2) is 66.2 Å². The molecule has 0 spiro atoms. The summed E-state index contributed by atoms with van der Waals surface area (Å²) in [5, 5.41) is 9.64. The van der Waals surface area contributed by atoms with Gasteiger partial charge in [0, 0.05) is 16.9 Å². The lowest BCUT2D eigenvalue weighted by molar-refractivity contribution is -0.274. The van der Waals surface area contributed by atoms with E-state index < -0.39 is 24.1 Å². The highest BCUT2D eigenvalue weighted by molar-refractivity contribution is 5.93. The van der Waals surface area contributed by atoms with Crippen molar-refractivity contribution in [1.29, 1.82) is 0 Å². The first kappa shape index (κ1) is 26.9. The molecule has 3 aromatic rings. The SMILES string of the molecule is COc1cc(C=C(CCc2cc(N)cc(N)c2)C(=O)O)ccc1OC(=O)c1ccc(OC(F)(F)F)cc1. The fourth-order valence-corrected chi connectivity index (χ4v) is 3.42. The van der Waals surface area contributed by atoms with Gasteiger partial charge in [-0.15, -0.1) is 13.2 Å². The molecule has 0 fully saturated rings. The van der Waals surface area contributed by atoms with Gasteiger partial charge in [0.25, 0.3) is 0 Å². The minimum atomic E-state index is -4.85. The zero-order chi connectivity index (χ0) is 27.2. The van der Waals surface area contributed by atoms with Crippen LogP contribution in [-0.4, -0.2) is 30.5 Å². The summed E-state index contributed by atoms with van der Waals surface area (Å²) in [6.45, 7) is 0. The number of esters is 1. The Morgan fingerprint density at radius 1 is 0.946 bits per heavy atom. The summed E-state index contributed by atoms with van der Waals surface area (Å²) in [6, 6.07) is 13.7. The number of nitrogen functional groups attached to an aromatic ring is 2. The number of halogens is 3. The van der Waals surface area contributed by atoms with Crippen molar-refractivity contribution in [3.05, 3.63) is 82.9 Å². The third-order valence-electron chi connectivity index (χ3n) is 5.05. The van der Waals surface area contributed by atoms with Gasteiger partial charge in [0.1, 0.15) is 5.75 Å². The summed E-state index contributed by atoms with van der Waals surface area (Å²) in [4.78, 5) is 24.2. The van der Waals surface area contributed by atoms with Crippen molar-refractivity contribution in [1.82, 2.24) is 0 Å². The van der Waals surface area contributed by atoms with E-state index in [9.17, 15) is 27.9 Å². The zero-order valence-corrected chi connectivity index (χ0v) is 19.5. The van der Waals surface area contributed by atoms with Crippen molar-refractivity contribution in [3.63, 3.8) is 0 Å². The normalized spacial score (nSPS) is 11.6. The van der Waals surface area contributed by atoms with Gasteiger partial charge >= 0.3 is 18.3 Å². The number of anilines is 2. The average Bonchev–Trinajstić information content (AvgIpc) is 2.81. The van der Waals surface area contributed by atoms with Crippen molar-refractivity contribution in [2.24, 2.45) is 0 Å². The molecule has 0 saturated heterocycles. The molecular weight excluding hydrogens is 493 g/mol. The van der Waals surface area contributed by atoms with Crippen LogP contribution < -0.4 is 25.7 Å². The Bertz CT molecular complexity index is 1300. The second-order valence-corrected chi connectivity index (χ2v) is 7.85. The molecular formula is C26H23F3N2O6. The minimum Gasteiger partial charge on any atom is -0.493 e. The molecule has 3 rings (SSSR count). The van der Waals surface area contributed by atoms with Crippen LogP contribution in [-0.2, 0) is 11.2 Å². The lowest BCUT2D eigenvalue weighted by atomic mass is 10.0. The zero-order valence-electron chi connectivity index (χ0n) is 19.5. The summed E-state index contributed by atoms with van der Waals surface area (Å²) in [6.07, 6.45) is -2.79. The van der Waals surface area contributed by atoms with Crippen LogP contribution in [0.4, 0.5) is 24.5 Å². The second-order valence-electron chi connectivity index (χ2n) is 7.85. The maximum absolute atomic E-state index is 12.5. The van der Waals surface area contributed by atoms with Crippen LogP contribution >= 0.6 is 0 Å². The Hall–Kier alpha value is -4.67. The molecule has 0 aliphatic carbocycles. The average molecular weight is 516 g/mol. The molecule has 0 heterocycles. The molecule has 0 bridgehead atoms. The van der Waals surface area contributed by atoms with Crippen molar-refractivity contribution >= 4 is 29.4 Å². The van der Waals surface area contributed by atoms with Crippen LogP contribution in [0.3, 0.4) is 0 Å². The molecule has 8 nitrogen and oxygen atoms in total. The van der Waals surface area contributed by atoms with Crippen LogP contribution in [0, 0.1) is 0 Å². The smallest absolute Gasteiger partial charge is 0.493 e. The molecule has 0 amide bonds. The maximum Gasteiger partial charge on any atom is 0.573 e. The standard InChI is InChI=1S/C26H23F3N2O6/c1-35-23-13-15(10-18(24(32)33)4-2-16-11-19(30)14-20(31)12-16)3-9-22(23)36-25(34)17-5-7-21(8-6-17)37-26(27,28)29/h3,5-14H,2,4,30-31H2,1H3,(H,32,33). The van der Waals surface area contributed by atoms with E-state index in [0.717, 1.165) is 29.8 Å². The topological polar surface area (TPSA) is 134 Å². The van der Waals surface area contributed by atoms with E-state index in [2.05, 4.69) is 4.74 Å². The number of rotatable bonds is 9. The number of carbonyl (C=O) groups is 2. The fraction of sp³-hybridized carbons (Fsp3) is 0.154. The number of ether oxygens (including phenoxy) is 3. The van der Waals surface area contributed by atoms with Crippen LogP contribution in [0.5, 0.6) is 17.2 Å².